The zero-order valence-electron chi connectivity index (χ0n) is 8.31. The van der Waals surface area contributed by atoms with E-state index in [9.17, 15) is 8.42 Å². The molecule has 1 atom stereocenters. The summed E-state index contributed by atoms with van der Waals surface area (Å²) >= 11 is 4.82. The molecule has 1 fully saturated rings. The SMILES string of the molecule is O=S1(=O)CCC(CNC(=S)OCCO)C1. The van der Waals surface area contributed by atoms with Gasteiger partial charge in [0.15, 0.2) is 9.84 Å². The van der Waals surface area contributed by atoms with Gasteiger partial charge in [0.1, 0.15) is 6.61 Å². The topological polar surface area (TPSA) is 75.6 Å². The summed E-state index contributed by atoms with van der Waals surface area (Å²) in [6.07, 6.45) is 0.679. The Balaban J connectivity index is 2.18. The molecule has 1 aliphatic heterocycles. The van der Waals surface area contributed by atoms with Crippen LogP contribution in [0.1, 0.15) is 6.42 Å². The van der Waals surface area contributed by atoms with Crippen LogP contribution in [0.2, 0.25) is 0 Å². The Morgan fingerprint density at radius 2 is 2.33 bits per heavy atom. The predicted molar refractivity (Wildman–Crippen MR) is 60.4 cm³/mol. The lowest BCUT2D eigenvalue weighted by atomic mass is 10.1. The average Bonchev–Trinajstić information content (AvgIpc) is 2.52. The van der Waals surface area contributed by atoms with E-state index in [1.807, 2.05) is 0 Å². The van der Waals surface area contributed by atoms with Crippen LogP contribution in [0.15, 0.2) is 0 Å². The maximum atomic E-state index is 11.1. The highest BCUT2D eigenvalue weighted by Crippen LogP contribution is 2.17. The van der Waals surface area contributed by atoms with E-state index in [1.165, 1.54) is 0 Å². The fourth-order valence-corrected chi connectivity index (χ4v) is 3.48. The van der Waals surface area contributed by atoms with E-state index >= 15 is 0 Å². The van der Waals surface area contributed by atoms with Crippen LogP contribution in [-0.2, 0) is 14.6 Å². The summed E-state index contributed by atoms with van der Waals surface area (Å²) in [5, 5.41) is 11.5. The molecule has 0 aromatic rings. The van der Waals surface area contributed by atoms with E-state index in [1.54, 1.807) is 0 Å². The van der Waals surface area contributed by atoms with Gasteiger partial charge < -0.3 is 15.2 Å². The number of nitrogens with one attached hydrogen (secondary N) is 1. The fourth-order valence-electron chi connectivity index (χ4n) is 1.45. The van der Waals surface area contributed by atoms with Crippen molar-refractivity contribution in [3.8, 4) is 0 Å². The van der Waals surface area contributed by atoms with Crippen molar-refractivity contribution in [3.05, 3.63) is 0 Å². The minimum absolute atomic E-state index is 0.0837. The number of hydrogen-bond acceptors (Lipinski definition) is 5. The molecule has 1 heterocycles. The van der Waals surface area contributed by atoms with Crippen molar-refractivity contribution in [2.45, 2.75) is 6.42 Å². The Bertz CT molecular complexity index is 315. The molecule has 0 aliphatic carbocycles. The van der Waals surface area contributed by atoms with Gasteiger partial charge in [0.05, 0.1) is 18.1 Å². The molecule has 1 unspecified atom stereocenters. The minimum atomic E-state index is -2.82. The van der Waals surface area contributed by atoms with E-state index in [-0.39, 0.29) is 35.8 Å². The monoisotopic (exact) mass is 253 g/mol. The second-order valence-corrected chi connectivity index (χ2v) is 6.11. The molecular formula is C8H15NO4S2. The van der Waals surface area contributed by atoms with E-state index in [4.69, 9.17) is 22.1 Å². The summed E-state index contributed by atoms with van der Waals surface area (Å²) in [5.41, 5.74) is 0. The van der Waals surface area contributed by atoms with Crippen molar-refractivity contribution in [2.24, 2.45) is 5.92 Å². The number of rotatable bonds is 4. The van der Waals surface area contributed by atoms with Gasteiger partial charge in [0.25, 0.3) is 5.17 Å². The maximum Gasteiger partial charge on any atom is 0.256 e. The van der Waals surface area contributed by atoms with Crippen molar-refractivity contribution in [1.82, 2.24) is 5.32 Å². The first kappa shape index (κ1) is 12.7. The second kappa shape index (κ2) is 5.62. The number of aliphatic hydroxyl groups excluding tert-OH is 1. The smallest absolute Gasteiger partial charge is 0.256 e. The predicted octanol–water partition coefficient (Wildman–Crippen LogP) is -0.696. The molecule has 0 radical (unpaired) electrons. The molecular weight excluding hydrogens is 238 g/mol. The summed E-state index contributed by atoms with van der Waals surface area (Å²) in [6, 6.07) is 0. The number of thiocarbonyl (C=S) groups is 1. The van der Waals surface area contributed by atoms with Gasteiger partial charge in [-0.25, -0.2) is 8.42 Å². The highest BCUT2D eigenvalue weighted by Gasteiger charge is 2.27. The third-order valence-electron chi connectivity index (χ3n) is 2.19. The van der Waals surface area contributed by atoms with Crippen molar-refractivity contribution < 1.29 is 18.3 Å². The van der Waals surface area contributed by atoms with Crippen LogP contribution in [0.3, 0.4) is 0 Å². The lowest BCUT2D eigenvalue weighted by Crippen LogP contribution is -2.30. The number of hydrogen-bond donors (Lipinski definition) is 2. The van der Waals surface area contributed by atoms with E-state index < -0.39 is 9.84 Å². The zero-order chi connectivity index (χ0) is 11.3. The molecule has 88 valence electrons. The van der Waals surface area contributed by atoms with Gasteiger partial charge in [-0.05, 0) is 24.6 Å². The second-order valence-electron chi connectivity index (χ2n) is 3.51. The highest BCUT2D eigenvalue weighted by molar-refractivity contribution is 7.91. The van der Waals surface area contributed by atoms with E-state index in [0.29, 0.717) is 13.0 Å². The summed E-state index contributed by atoms with van der Waals surface area (Å²) in [4.78, 5) is 0. The Morgan fingerprint density at radius 3 is 2.87 bits per heavy atom. The summed E-state index contributed by atoms with van der Waals surface area (Å²) in [5.74, 6) is 0.609. The van der Waals surface area contributed by atoms with Crippen LogP contribution in [0.5, 0.6) is 0 Å². The summed E-state index contributed by atoms with van der Waals surface area (Å²) in [7, 11) is -2.82. The third kappa shape index (κ3) is 4.76. The number of aliphatic hydroxyl groups is 1. The van der Waals surface area contributed by atoms with Crippen LogP contribution in [0, 0.1) is 5.92 Å². The first-order valence-electron chi connectivity index (χ1n) is 4.75. The van der Waals surface area contributed by atoms with Gasteiger partial charge in [0.2, 0.25) is 0 Å². The molecule has 0 aromatic heterocycles. The molecule has 15 heavy (non-hydrogen) atoms. The molecule has 1 rings (SSSR count). The normalized spacial score (nSPS) is 23.7. The van der Waals surface area contributed by atoms with Crippen LogP contribution in [0.25, 0.3) is 0 Å². The maximum absolute atomic E-state index is 11.1. The van der Waals surface area contributed by atoms with Crippen LogP contribution in [-0.4, -0.2) is 50.0 Å². The molecule has 2 N–H and O–H groups in total. The summed E-state index contributed by atoms with van der Waals surface area (Å²) < 4.78 is 27.2. The molecule has 0 bridgehead atoms. The van der Waals surface area contributed by atoms with Gasteiger partial charge in [0, 0.05) is 6.54 Å². The van der Waals surface area contributed by atoms with Gasteiger partial charge in [-0.3, -0.25) is 0 Å². The first-order chi connectivity index (χ1) is 7.03. The van der Waals surface area contributed by atoms with Crippen LogP contribution in [0.4, 0.5) is 0 Å². The highest BCUT2D eigenvalue weighted by atomic mass is 32.2. The van der Waals surface area contributed by atoms with Crippen molar-refractivity contribution in [3.63, 3.8) is 0 Å². The standard InChI is InChI=1S/C8H15NO4S2/c10-2-3-13-8(14)9-5-7-1-4-15(11,12)6-7/h7,10H,1-6H2,(H,9,14). The molecule has 7 heteroatoms. The Kier molecular flexibility index (Phi) is 4.75. The Hall–Kier alpha value is -0.400. The molecule has 1 aliphatic rings. The average molecular weight is 253 g/mol. The van der Waals surface area contributed by atoms with Crippen LogP contribution >= 0.6 is 12.2 Å². The van der Waals surface area contributed by atoms with Crippen molar-refractivity contribution in [2.75, 3.05) is 31.3 Å². The molecule has 0 aromatic carbocycles. The van der Waals surface area contributed by atoms with Crippen molar-refractivity contribution >= 4 is 27.2 Å². The molecule has 0 saturated carbocycles. The quantitative estimate of drug-likeness (QED) is 0.646. The van der Waals surface area contributed by atoms with Crippen molar-refractivity contribution in [1.29, 1.82) is 0 Å². The molecule has 0 spiro atoms. The number of ether oxygens (including phenoxy) is 1. The molecule has 5 nitrogen and oxygen atoms in total. The third-order valence-corrected chi connectivity index (χ3v) is 4.29. The van der Waals surface area contributed by atoms with E-state index in [2.05, 4.69) is 5.32 Å². The first-order valence-corrected chi connectivity index (χ1v) is 6.98. The largest absolute Gasteiger partial charge is 0.469 e. The Morgan fingerprint density at radius 1 is 1.60 bits per heavy atom. The van der Waals surface area contributed by atoms with Crippen LogP contribution < -0.4 is 5.32 Å². The summed E-state index contributed by atoms with van der Waals surface area (Å²) in [6.45, 7) is 0.595. The Labute approximate surface area is 94.7 Å². The number of sulfone groups is 1. The molecule has 1 saturated heterocycles. The van der Waals surface area contributed by atoms with Gasteiger partial charge >= 0.3 is 0 Å². The lowest BCUT2D eigenvalue weighted by Gasteiger charge is -2.11. The van der Waals surface area contributed by atoms with Gasteiger partial charge in [-0.2, -0.15) is 0 Å². The zero-order valence-corrected chi connectivity index (χ0v) is 9.94. The fraction of sp³-hybridized carbons (Fsp3) is 0.875. The lowest BCUT2D eigenvalue weighted by molar-refractivity contribution is 0.191. The van der Waals surface area contributed by atoms with Gasteiger partial charge in [-0.1, -0.05) is 0 Å². The van der Waals surface area contributed by atoms with Gasteiger partial charge in [-0.15, -0.1) is 0 Å². The van der Waals surface area contributed by atoms with E-state index in [0.717, 1.165) is 0 Å². The minimum Gasteiger partial charge on any atom is -0.469 e. The molecule has 0 amide bonds.